The highest BCUT2D eigenvalue weighted by molar-refractivity contribution is 6.34. The highest BCUT2D eigenvalue weighted by Gasteiger charge is 2.42. The average Bonchev–Trinajstić information content (AvgIpc) is 3.20. The van der Waals surface area contributed by atoms with E-state index in [1.165, 1.54) is 13.2 Å². The monoisotopic (exact) mass is 439 g/mol. The largest absolute Gasteiger partial charge is 0.494 e. The molecule has 6 heteroatoms. The molecular formula is C25H23ClFNO3. The zero-order valence-corrected chi connectivity index (χ0v) is 18.1. The Morgan fingerprint density at radius 3 is 2.55 bits per heavy atom. The molecule has 0 spiro atoms. The summed E-state index contributed by atoms with van der Waals surface area (Å²) in [6, 6.07) is 16.2. The number of fused-ring (bicyclic) bond motifs is 1. The summed E-state index contributed by atoms with van der Waals surface area (Å²) < 4.78 is 27.1. The Labute approximate surface area is 185 Å². The van der Waals surface area contributed by atoms with Crippen LogP contribution in [0.25, 0.3) is 11.1 Å². The van der Waals surface area contributed by atoms with Crippen LogP contribution in [0.4, 0.5) is 4.39 Å². The maximum atomic E-state index is 15.6. The summed E-state index contributed by atoms with van der Waals surface area (Å²) in [5.74, 6) is -0.187. The van der Waals surface area contributed by atoms with Gasteiger partial charge in [0.2, 0.25) is 0 Å². The van der Waals surface area contributed by atoms with Gasteiger partial charge in [-0.15, -0.1) is 0 Å². The third-order valence-corrected chi connectivity index (χ3v) is 6.13. The molecular weight excluding hydrogens is 417 g/mol. The Balaban J connectivity index is 1.96. The number of hydrogen-bond acceptors (Lipinski definition) is 4. The van der Waals surface area contributed by atoms with E-state index in [-0.39, 0.29) is 35.6 Å². The number of carbonyl (C=O) groups excluding carboxylic acids is 1. The second-order valence-electron chi connectivity index (χ2n) is 7.52. The molecule has 0 aromatic heterocycles. The Morgan fingerprint density at radius 2 is 1.90 bits per heavy atom. The third kappa shape index (κ3) is 3.48. The molecule has 1 aliphatic heterocycles. The summed E-state index contributed by atoms with van der Waals surface area (Å²) in [4.78, 5) is 12.7. The van der Waals surface area contributed by atoms with Crippen LogP contribution < -0.4 is 15.2 Å². The normalized spacial score (nSPS) is 17.2. The number of halogens is 2. The number of nitrogens with two attached hydrogens (primary N) is 1. The van der Waals surface area contributed by atoms with Gasteiger partial charge in [-0.25, -0.2) is 4.39 Å². The lowest BCUT2D eigenvalue weighted by Gasteiger charge is -2.27. The van der Waals surface area contributed by atoms with Gasteiger partial charge in [0.1, 0.15) is 5.75 Å². The number of benzene rings is 3. The van der Waals surface area contributed by atoms with Crippen molar-refractivity contribution in [2.75, 3.05) is 13.7 Å². The summed E-state index contributed by atoms with van der Waals surface area (Å²) >= 11 is 6.61. The number of ether oxygens (including phenoxy) is 2. The van der Waals surface area contributed by atoms with Gasteiger partial charge in [0.15, 0.2) is 23.0 Å². The molecule has 0 aliphatic carbocycles. The second-order valence-corrected chi connectivity index (χ2v) is 7.93. The number of hydrogen-bond donors (Lipinski definition) is 1. The fraction of sp³-hybridized carbons (Fsp3) is 0.240. The minimum atomic E-state index is -0.798. The zero-order chi connectivity index (χ0) is 22.2. The van der Waals surface area contributed by atoms with Gasteiger partial charge in [-0.3, -0.25) is 4.79 Å². The molecule has 4 rings (SSSR count). The van der Waals surface area contributed by atoms with E-state index in [1.807, 2.05) is 30.3 Å². The van der Waals surface area contributed by atoms with Crippen molar-refractivity contribution >= 4 is 17.4 Å². The summed E-state index contributed by atoms with van der Waals surface area (Å²) in [5.41, 5.74) is 7.87. The molecule has 31 heavy (non-hydrogen) atoms. The summed E-state index contributed by atoms with van der Waals surface area (Å²) in [7, 11) is 1.39. The minimum Gasteiger partial charge on any atom is -0.494 e. The molecule has 3 aromatic rings. The topological polar surface area (TPSA) is 61.5 Å². The molecule has 160 valence electrons. The van der Waals surface area contributed by atoms with Crippen LogP contribution in [0, 0.1) is 5.82 Å². The van der Waals surface area contributed by atoms with Crippen molar-refractivity contribution in [1.29, 1.82) is 0 Å². The predicted octanol–water partition coefficient (Wildman–Crippen LogP) is 5.54. The maximum Gasteiger partial charge on any atom is 0.173 e. The smallest absolute Gasteiger partial charge is 0.173 e. The lowest BCUT2D eigenvalue weighted by Crippen LogP contribution is -2.39. The van der Waals surface area contributed by atoms with Crippen LogP contribution in [0.2, 0.25) is 5.02 Å². The van der Waals surface area contributed by atoms with Crippen molar-refractivity contribution in [2.24, 2.45) is 5.73 Å². The van der Waals surface area contributed by atoms with E-state index in [0.717, 1.165) is 11.1 Å². The number of ketones is 1. The average molecular weight is 440 g/mol. The maximum absolute atomic E-state index is 15.6. The molecule has 0 fully saturated rings. The van der Waals surface area contributed by atoms with Crippen LogP contribution >= 0.6 is 11.6 Å². The highest BCUT2D eigenvalue weighted by atomic mass is 35.5. The molecule has 0 saturated carbocycles. The Morgan fingerprint density at radius 1 is 1.16 bits per heavy atom. The lowest BCUT2D eigenvalue weighted by molar-refractivity contribution is 0.0988. The Kier molecular flexibility index (Phi) is 5.73. The van der Waals surface area contributed by atoms with Gasteiger partial charge in [-0.05, 0) is 29.8 Å². The van der Waals surface area contributed by atoms with Gasteiger partial charge < -0.3 is 15.2 Å². The summed E-state index contributed by atoms with van der Waals surface area (Å²) in [6.45, 7) is 1.97. The minimum absolute atomic E-state index is 0.0448. The van der Waals surface area contributed by atoms with Crippen molar-refractivity contribution in [1.82, 2.24) is 0 Å². The van der Waals surface area contributed by atoms with Gasteiger partial charge in [0.05, 0.1) is 7.11 Å². The van der Waals surface area contributed by atoms with Gasteiger partial charge in [0, 0.05) is 46.7 Å². The molecule has 2 N–H and O–H groups in total. The summed E-state index contributed by atoms with van der Waals surface area (Å²) in [5, 5.41) is 0.334. The Hall–Kier alpha value is -2.89. The molecule has 0 saturated heterocycles. The van der Waals surface area contributed by atoms with E-state index in [1.54, 1.807) is 25.1 Å². The van der Waals surface area contributed by atoms with E-state index in [2.05, 4.69) is 0 Å². The first kappa shape index (κ1) is 21.3. The summed E-state index contributed by atoms with van der Waals surface area (Å²) in [6.07, 6.45) is 0.633. The molecule has 4 nitrogen and oxygen atoms in total. The van der Waals surface area contributed by atoms with E-state index in [4.69, 9.17) is 26.8 Å². The first-order chi connectivity index (χ1) is 15.0. The number of rotatable bonds is 6. The van der Waals surface area contributed by atoms with Crippen LogP contribution in [0.5, 0.6) is 11.5 Å². The lowest BCUT2D eigenvalue weighted by atomic mass is 9.85. The van der Waals surface area contributed by atoms with Gasteiger partial charge in [0.25, 0.3) is 0 Å². The molecule has 0 radical (unpaired) electrons. The fourth-order valence-corrected chi connectivity index (χ4v) is 4.46. The quantitative estimate of drug-likeness (QED) is 0.512. The number of carbonyl (C=O) groups is 1. The van der Waals surface area contributed by atoms with Crippen LogP contribution in [0.3, 0.4) is 0 Å². The van der Waals surface area contributed by atoms with Crippen molar-refractivity contribution in [3.8, 4) is 22.6 Å². The molecule has 1 heterocycles. The SMILES string of the molecule is CCC(=O)c1ccc(OC)c(F)c1-c1c(Cl)ccc2c1C[C@@](CN)(c1ccccc1)O2. The van der Waals surface area contributed by atoms with Gasteiger partial charge in [-0.2, -0.15) is 0 Å². The molecule has 1 atom stereocenters. The first-order valence-electron chi connectivity index (χ1n) is 10.1. The highest BCUT2D eigenvalue weighted by Crippen LogP contribution is 2.49. The molecule has 3 aromatic carbocycles. The van der Waals surface area contributed by atoms with Gasteiger partial charge >= 0.3 is 0 Å². The van der Waals surface area contributed by atoms with Gasteiger partial charge in [-0.1, -0.05) is 48.9 Å². The van der Waals surface area contributed by atoms with Crippen molar-refractivity contribution in [3.05, 3.63) is 82.1 Å². The Bertz CT molecular complexity index is 1150. The second kappa shape index (κ2) is 8.33. The van der Waals surface area contributed by atoms with Crippen LogP contribution in [0.15, 0.2) is 54.6 Å². The van der Waals surface area contributed by atoms with E-state index >= 15 is 4.39 Å². The standard InChI is InChI=1S/C25H23ClFNO3/c1-3-19(29)16-9-11-21(30-2)24(27)23(16)22-17-13-25(14-28,15-7-5-4-6-8-15)31-20(17)12-10-18(22)26/h4-12H,3,13-14,28H2,1-2H3/t25-/m1/s1. The molecule has 1 aliphatic rings. The third-order valence-electron chi connectivity index (χ3n) is 5.81. The van der Waals surface area contributed by atoms with E-state index < -0.39 is 11.4 Å². The van der Waals surface area contributed by atoms with E-state index in [9.17, 15) is 4.79 Å². The predicted molar refractivity (Wildman–Crippen MR) is 120 cm³/mol. The first-order valence-corrected chi connectivity index (χ1v) is 10.5. The zero-order valence-electron chi connectivity index (χ0n) is 17.4. The molecule has 0 bridgehead atoms. The van der Waals surface area contributed by atoms with Crippen LogP contribution in [-0.4, -0.2) is 19.4 Å². The molecule has 0 unspecified atom stereocenters. The van der Waals surface area contributed by atoms with Crippen molar-refractivity contribution in [3.63, 3.8) is 0 Å². The number of methoxy groups -OCH3 is 1. The van der Waals surface area contributed by atoms with E-state index in [0.29, 0.717) is 22.8 Å². The van der Waals surface area contributed by atoms with Crippen LogP contribution in [0.1, 0.15) is 34.8 Å². The van der Waals surface area contributed by atoms with Crippen molar-refractivity contribution in [2.45, 2.75) is 25.4 Å². The van der Waals surface area contributed by atoms with Crippen LogP contribution in [-0.2, 0) is 12.0 Å². The fourth-order valence-electron chi connectivity index (χ4n) is 4.19. The van der Waals surface area contributed by atoms with Crippen molar-refractivity contribution < 1.29 is 18.7 Å². The number of Topliss-reactive ketones (excluding diaryl/α,β-unsaturated/α-hetero) is 1. The molecule has 0 amide bonds.